The highest BCUT2D eigenvalue weighted by Crippen LogP contribution is 2.00. The van der Waals surface area contributed by atoms with Crippen molar-refractivity contribution in [2.45, 2.75) is 32.2 Å². The monoisotopic (exact) mass is 198 g/mol. The SMILES string of the molecule is C=CN(C)C(=O)CC(=O)[C@@H](N)CCC. The zero-order valence-electron chi connectivity index (χ0n) is 8.82. The van der Waals surface area contributed by atoms with Gasteiger partial charge in [0.25, 0.3) is 0 Å². The van der Waals surface area contributed by atoms with Crippen LogP contribution in [0, 0.1) is 0 Å². The zero-order chi connectivity index (χ0) is 11.1. The number of nitrogens with two attached hydrogens (primary N) is 1. The molecule has 14 heavy (non-hydrogen) atoms. The summed E-state index contributed by atoms with van der Waals surface area (Å²) in [7, 11) is 1.56. The first-order chi connectivity index (χ1) is 6.52. The molecule has 80 valence electrons. The first-order valence-corrected chi connectivity index (χ1v) is 4.69. The normalized spacial score (nSPS) is 11.9. The second-order valence-corrected chi connectivity index (χ2v) is 3.23. The van der Waals surface area contributed by atoms with Gasteiger partial charge in [-0.15, -0.1) is 0 Å². The molecule has 0 aromatic carbocycles. The average molecular weight is 198 g/mol. The molecular weight excluding hydrogens is 180 g/mol. The van der Waals surface area contributed by atoms with E-state index in [9.17, 15) is 9.59 Å². The minimum Gasteiger partial charge on any atom is -0.322 e. The van der Waals surface area contributed by atoms with Crippen molar-refractivity contribution in [1.29, 1.82) is 0 Å². The largest absolute Gasteiger partial charge is 0.322 e. The van der Waals surface area contributed by atoms with Gasteiger partial charge in [0, 0.05) is 7.05 Å². The Morgan fingerprint density at radius 2 is 2.14 bits per heavy atom. The molecule has 0 aromatic heterocycles. The van der Waals surface area contributed by atoms with Gasteiger partial charge in [-0.25, -0.2) is 0 Å². The number of hydrogen-bond acceptors (Lipinski definition) is 3. The van der Waals surface area contributed by atoms with Crippen LogP contribution in [0.4, 0.5) is 0 Å². The van der Waals surface area contributed by atoms with Crippen molar-refractivity contribution in [3.63, 3.8) is 0 Å². The van der Waals surface area contributed by atoms with E-state index in [2.05, 4.69) is 6.58 Å². The second-order valence-electron chi connectivity index (χ2n) is 3.23. The minimum absolute atomic E-state index is 0.135. The molecule has 0 aliphatic rings. The highest BCUT2D eigenvalue weighted by atomic mass is 16.2. The lowest BCUT2D eigenvalue weighted by atomic mass is 10.1. The van der Waals surface area contributed by atoms with Crippen LogP contribution in [0.1, 0.15) is 26.2 Å². The van der Waals surface area contributed by atoms with Crippen LogP contribution in [-0.4, -0.2) is 29.7 Å². The van der Waals surface area contributed by atoms with Gasteiger partial charge in [-0.3, -0.25) is 9.59 Å². The summed E-state index contributed by atoms with van der Waals surface area (Å²) in [4.78, 5) is 23.9. The number of carbonyl (C=O) groups is 2. The van der Waals surface area contributed by atoms with E-state index in [-0.39, 0.29) is 18.1 Å². The lowest BCUT2D eigenvalue weighted by Crippen LogP contribution is -2.34. The third-order valence-corrected chi connectivity index (χ3v) is 2.01. The van der Waals surface area contributed by atoms with E-state index in [0.717, 1.165) is 6.42 Å². The van der Waals surface area contributed by atoms with Crippen molar-refractivity contribution >= 4 is 11.7 Å². The maximum absolute atomic E-state index is 11.4. The number of rotatable bonds is 6. The number of nitrogens with zero attached hydrogens (tertiary/aromatic N) is 1. The van der Waals surface area contributed by atoms with E-state index in [1.165, 1.54) is 11.1 Å². The van der Waals surface area contributed by atoms with Gasteiger partial charge < -0.3 is 10.6 Å². The minimum atomic E-state index is -0.512. The number of ketones is 1. The van der Waals surface area contributed by atoms with Gasteiger partial charge in [0.2, 0.25) is 5.91 Å². The van der Waals surface area contributed by atoms with Crippen LogP contribution in [-0.2, 0) is 9.59 Å². The number of amides is 1. The van der Waals surface area contributed by atoms with Crippen LogP contribution in [0.5, 0.6) is 0 Å². The Bertz CT molecular complexity index is 226. The first kappa shape index (κ1) is 12.8. The topological polar surface area (TPSA) is 63.4 Å². The van der Waals surface area contributed by atoms with E-state index >= 15 is 0 Å². The summed E-state index contributed by atoms with van der Waals surface area (Å²) in [5.74, 6) is -0.470. The van der Waals surface area contributed by atoms with Gasteiger partial charge in [-0.05, 0) is 12.6 Å². The molecule has 0 aromatic rings. The van der Waals surface area contributed by atoms with Gasteiger partial charge in [0.15, 0.2) is 5.78 Å². The highest BCUT2D eigenvalue weighted by molar-refractivity contribution is 6.00. The maximum atomic E-state index is 11.4. The van der Waals surface area contributed by atoms with Gasteiger partial charge >= 0.3 is 0 Å². The molecule has 0 radical (unpaired) electrons. The Morgan fingerprint density at radius 3 is 2.57 bits per heavy atom. The Kier molecular flexibility index (Phi) is 5.79. The highest BCUT2D eigenvalue weighted by Gasteiger charge is 2.17. The summed E-state index contributed by atoms with van der Waals surface area (Å²) in [6.07, 6.45) is 2.72. The smallest absolute Gasteiger partial charge is 0.233 e. The van der Waals surface area contributed by atoms with Gasteiger partial charge in [-0.2, -0.15) is 0 Å². The second kappa shape index (κ2) is 6.32. The molecule has 0 aliphatic heterocycles. The van der Waals surface area contributed by atoms with Crippen molar-refractivity contribution in [3.8, 4) is 0 Å². The van der Waals surface area contributed by atoms with E-state index in [1.54, 1.807) is 7.05 Å². The van der Waals surface area contributed by atoms with Crippen LogP contribution in [0.2, 0.25) is 0 Å². The predicted molar refractivity (Wildman–Crippen MR) is 55.5 cm³/mol. The van der Waals surface area contributed by atoms with Crippen LogP contribution in [0.3, 0.4) is 0 Å². The fourth-order valence-corrected chi connectivity index (χ4v) is 0.979. The molecule has 1 amide bonds. The van der Waals surface area contributed by atoms with Gasteiger partial charge in [0.1, 0.15) is 0 Å². The van der Waals surface area contributed by atoms with Crippen LogP contribution in [0.15, 0.2) is 12.8 Å². The van der Waals surface area contributed by atoms with Crippen molar-refractivity contribution in [1.82, 2.24) is 4.90 Å². The molecule has 0 unspecified atom stereocenters. The van der Waals surface area contributed by atoms with Crippen molar-refractivity contribution < 1.29 is 9.59 Å². The van der Waals surface area contributed by atoms with E-state index in [4.69, 9.17) is 5.73 Å². The average Bonchev–Trinajstić information content (AvgIpc) is 2.16. The quantitative estimate of drug-likeness (QED) is 0.638. The molecule has 4 heteroatoms. The van der Waals surface area contributed by atoms with Crippen LogP contribution in [0.25, 0.3) is 0 Å². The van der Waals surface area contributed by atoms with E-state index in [0.29, 0.717) is 6.42 Å². The summed E-state index contributed by atoms with van der Waals surface area (Å²) in [5, 5.41) is 0. The molecule has 0 bridgehead atoms. The van der Waals surface area contributed by atoms with Crippen LogP contribution < -0.4 is 5.73 Å². The van der Waals surface area contributed by atoms with E-state index < -0.39 is 6.04 Å². The Balaban J connectivity index is 4.05. The lowest BCUT2D eigenvalue weighted by molar-refractivity contribution is -0.133. The fraction of sp³-hybridized carbons (Fsp3) is 0.600. The van der Waals surface area contributed by atoms with Gasteiger partial charge in [0.05, 0.1) is 12.5 Å². The van der Waals surface area contributed by atoms with E-state index in [1.807, 2.05) is 6.92 Å². The molecule has 4 nitrogen and oxygen atoms in total. The third kappa shape index (κ3) is 4.18. The molecule has 0 saturated heterocycles. The summed E-state index contributed by atoms with van der Waals surface area (Å²) in [6.45, 7) is 5.38. The Hall–Kier alpha value is -1.16. The fourth-order valence-electron chi connectivity index (χ4n) is 0.979. The molecule has 0 saturated carbocycles. The summed E-state index contributed by atoms with van der Waals surface area (Å²) >= 11 is 0. The van der Waals surface area contributed by atoms with Crippen molar-refractivity contribution in [2.75, 3.05) is 7.05 Å². The Morgan fingerprint density at radius 1 is 1.57 bits per heavy atom. The van der Waals surface area contributed by atoms with Crippen molar-refractivity contribution in [2.24, 2.45) is 5.73 Å². The molecule has 0 heterocycles. The molecular formula is C10H18N2O2. The number of hydrogen-bond donors (Lipinski definition) is 1. The summed E-state index contributed by atoms with van der Waals surface area (Å²) < 4.78 is 0. The van der Waals surface area contributed by atoms with Crippen molar-refractivity contribution in [3.05, 3.63) is 12.8 Å². The lowest BCUT2D eigenvalue weighted by Gasteiger charge is -2.13. The molecule has 0 spiro atoms. The number of carbonyl (C=O) groups excluding carboxylic acids is 2. The molecule has 0 fully saturated rings. The standard InChI is InChI=1S/C10H18N2O2/c1-4-6-8(11)9(13)7-10(14)12(3)5-2/h5,8H,2,4,6-7,11H2,1,3H3/t8-/m0/s1. The molecule has 1 atom stereocenters. The van der Waals surface area contributed by atoms with Gasteiger partial charge in [-0.1, -0.05) is 19.9 Å². The zero-order valence-corrected chi connectivity index (χ0v) is 8.82. The summed E-state index contributed by atoms with van der Waals surface area (Å²) in [6, 6.07) is -0.512. The Labute approximate surface area is 84.8 Å². The molecule has 2 N–H and O–H groups in total. The number of Topliss-reactive ketones (excluding diaryl/α,β-unsaturated/α-hetero) is 1. The third-order valence-electron chi connectivity index (χ3n) is 2.01. The molecule has 0 aliphatic carbocycles. The maximum Gasteiger partial charge on any atom is 0.233 e. The first-order valence-electron chi connectivity index (χ1n) is 4.69. The predicted octanol–water partition coefficient (Wildman–Crippen LogP) is 0.675. The summed E-state index contributed by atoms with van der Waals surface area (Å²) in [5.41, 5.74) is 5.57. The van der Waals surface area contributed by atoms with Crippen LogP contribution >= 0.6 is 0 Å². The molecule has 0 rings (SSSR count).